The van der Waals surface area contributed by atoms with Crippen molar-refractivity contribution in [2.24, 2.45) is 0 Å². The smallest absolute Gasteiger partial charge is 0.0995 e. The van der Waals surface area contributed by atoms with Crippen LogP contribution in [-0.4, -0.2) is 47.3 Å². The van der Waals surface area contributed by atoms with Crippen LogP contribution < -0.4 is 0 Å². The van der Waals surface area contributed by atoms with E-state index in [1.165, 1.54) is 10.1 Å². The van der Waals surface area contributed by atoms with Gasteiger partial charge in [0.05, 0.1) is 29.4 Å². The van der Waals surface area contributed by atoms with E-state index in [1.54, 1.807) is 0 Å². The van der Waals surface area contributed by atoms with E-state index in [0.717, 1.165) is 39.4 Å². The number of imidazole rings is 1. The van der Waals surface area contributed by atoms with Gasteiger partial charge in [0.15, 0.2) is 0 Å². The van der Waals surface area contributed by atoms with E-state index in [0.29, 0.717) is 0 Å². The minimum absolute atomic E-state index is 0.891. The van der Waals surface area contributed by atoms with Crippen molar-refractivity contribution < 1.29 is 4.74 Å². The average molecular weight is 321 g/mol. The lowest BCUT2D eigenvalue weighted by Gasteiger charge is -2.26. The third-order valence-electron chi connectivity index (χ3n) is 2.64. The molecule has 5 heteroatoms. The molecular formula is C10H16IN3O. The van der Waals surface area contributed by atoms with Crippen molar-refractivity contribution >= 4 is 22.6 Å². The Morgan fingerprint density at radius 1 is 1.33 bits per heavy atom. The van der Waals surface area contributed by atoms with Crippen molar-refractivity contribution in [3.8, 4) is 0 Å². The van der Waals surface area contributed by atoms with E-state index in [4.69, 9.17) is 4.74 Å². The Kier molecular flexibility index (Phi) is 4.40. The summed E-state index contributed by atoms with van der Waals surface area (Å²) < 4.78 is 8.73. The molecule has 0 unspecified atom stereocenters. The largest absolute Gasteiger partial charge is 0.379 e. The summed E-state index contributed by atoms with van der Waals surface area (Å²) in [5.74, 6) is 0. The average Bonchev–Trinajstić information content (AvgIpc) is 2.66. The highest BCUT2D eigenvalue weighted by atomic mass is 127. The first-order valence-corrected chi connectivity index (χ1v) is 6.40. The Labute approximate surface area is 104 Å². The van der Waals surface area contributed by atoms with Gasteiger partial charge in [-0.05, 0) is 29.0 Å². The van der Waals surface area contributed by atoms with Gasteiger partial charge in [0.1, 0.15) is 0 Å². The molecule has 15 heavy (non-hydrogen) atoms. The van der Waals surface area contributed by atoms with Crippen LogP contribution in [0.5, 0.6) is 0 Å². The normalized spacial score (nSPS) is 18.2. The molecule has 0 aliphatic carbocycles. The number of ether oxygens (including phenoxy) is 1. The SMILES string of the molecule is Ic1cncn1CCCN1CCOCC1. The van der Waals surface area contributed by atoms with Gasteiger partial charge in [-0.2, -0.15) is 0 Å². The molecule has 4 nitrogen and oxygen atoms in total. The van der Waals surface area contributed by atoms with Gasteiger partial charge < -0.3 is 9.30 Å². The minimum Gasteiger partial charge on any atom is -0.379 e. The quantitative estimate of drug-likeness (QED) is 0.781. The molecule has 1 aromatic rings. The molecule has 1 aromatic heterocycles. The predicted octanol–water partition coefficient (Wildman–Crippen LogP) is 1.21. The van der Waals surface area contributed by atoms with Gasteiger partial charge in [0.2, 0.25) is 0 Å². The molecule has 0 saturated carbocycles. The van der Waals surface area contributed by atoms with E-state index in [1.807, 2.05) is 12.5 Å². The molecule has 2 rings (SSSR count). The number of hydrogen-bond acceptors (Lipinski definition) is 3. The first-order chi connectivity index (χ1) is 7.36. The summed E-state index contributed by atoms with van der Waals surface area (Å²) >= 11 is 2.32. The summed E-state index contributed by atoms with van der Waals surface area (Å²) in [6.45, 7) is 6.18. The van der Waals surface area contributed by atoms with Gasteiger partial charge in [-0.3, -0.25) is 4.90 Å². The van der Waals surface area contributed by atoms with E-state index >= 15 is 0 Å². The lowest BCUT2D eigenvalue weighted by Crippen LogP contribution is -2.37. The van der Waals surface area contributed by atoms with Gasteiger partial charge in [-0.25, -0.2) is 4.98 Å². The number of aromatic nitrogens is 2. The number of rotatable bonds is 4. The summed E-state index contributed by atoms with van der Waals surface area (Å²) in [4.78, 5) is 6.57. The second kappa shape index (κ2) is 5.81. The fourth-order valence-electron chi connectivity index (χ4n) is 1.76. The first-order valence-electron chi connectivity index (χ1n) is 5.32. The third-order valence-corrected chi connectivity index (χ3v) is 3.54. The molecule has 0 N–H and O–H groups in total. The molecule has 84 valence electrons. The minimum atomic E-state index is 0.891. The van der Waals surface area contributed by atoms with Crippen LogP contribution in [0.3, 0.4) is 0 Å². The van der Waals surface area contributed by atoms with Crippen LogP contribution in [-0.2, 0) is 11.3 Å². The topological polar surface area (TPSA) is 30.3 Å². The lowest BCUT2D eigenvalue weighted by atomic mass is 10.3. The standard InChI is InChI=1S/C10H16IN3O/c11-10-8-12-9-14(10)3-1-2-13-4-6-15-7-5-13/h8-9H,1-7H2. The van der Waals surface area contributed by atoms with Crippen molar-refractivity contribution in [1.82, 2.24) is 14.5 Å². The van der Waals surface area contributed by atoms with Crippen molar-refractivity contribution in [3.05, 3.63) is 16.2 Å². The van der Waals surface area contributed by atoms with Crippen LogP contribution in [0.4, 0.5) is 0 Å². The Hall–Kier alpha value is -0.140. The van der Waals surface area contributed by atoms with Gasteiger partial charge in [-0.1, -0.05) is 0 Å². The summed E-state index contributed by atoms with van der Waals surface area (Å²) in [6.07, 6.45) is 4.99. The maximum atomic E-state index is 5.31. The van der Waals surface area contributed by atoms with Crippen molar-refractivity contribution in [2.75, 3.05) is 32.8 Å². The van der Waals surface area contributed by atoms with Gasteiger partial charge in [0.25, 0.3) is 0 Å². The van der Waals surface area contributed by atoms with Crippen LogP contribution in [0.1, 0.15) is 6.42 Å². The number of nitrogens with zero attached hydrogens (tertiary/aromatic N) is 3. The fraction of sp³-hybridized carbons (Fsp3) is 0.700. The second-order valence-electron chi connectivity index (χ2n) is 3.72. The highest BCUT2D eigenvalue weighted by Crippen LogP contribution is 2.05. The summed E-state index contributed by atoms with van der Waals surface area (Å²) in [7, 11) is 0. The molecule has 0 aromatic carbocycles. The van der Waals surface area contributed by atoms with Crippen LogP contribution in [0, 0.1) is 3.70 Å². The molecule has 2 heterocycles. The Bertz CT molecular complexity index is 297. The van der Waals surface area contributed by atoms with Crippen LogP contribution in [0.25, 0.3) is 0 Å². The van der Waals surface area contributed by atoms with Gasteiger partial charge >= 0.3 is 0 Å². The predicted molar refractivity (Wildman–Crippen MR) is 66.8 cm³/mol. The van der Waals surface area contributed by atoms with E-state index in [9.17, 15) is 0 Å². The molecule has 0 amide bonds. The second-order valence-corrected chi connectivity index (χ2v) is 4.82. The number of aryl methyl sites for hydroxylation is 1. The number of hydrogen-bond donors (Lipinski definition) is 0. The molecule has 1 aliphatic heterocycles. The molecule has 0 bridgehead atoms. The zero-order chi connectivity index (χ0) is 10.5. The molecule has 1 saturated heterocycles. The van der Waals surface area contributed by atoms with Gasteiger partial charge in [0, 0.05) is 26.2 Å². The molecule has 1 aliphatic rings. The van der Waals surface area contributed by atoms with Crippen molar-refractivity contribution in [3.63, 3.8) is 0 Å². The Balaban J connectivity index is 1.68. The van der Waals surface area contributed by atoms with Gasteiger partial charge in [-0.15, -0.1) is 0 Å². The Morgan fingerprint density at radius 2 is 2.13 bits per heavy atom. The number of halogens is 1. The van der Waals surface area contributed by atoms with E-state index in [-0.39, 0.29) is 0 Å². The molecule has 0 atom stereocenters. The highest BCUT2D eigenvalue weighted by Gasteiger charge is 2.09. The Morgan fingerprint density at radius 3 is 2.80 bits per heavy atom. The maximum absolute atomic E-state index is 5.31. The monoisotopic (exact) mass is 321 g/mol. The number of morpholine rings is 1. The molecule has 1 fully saturated rings. The summed E-state index contributed by atoms with van der Waals surface area (Å²) in [6, 6.07) is 0. The third kappa shape index (κ3) is 3.42. The van der Waals surface area contributed by atoms with Crippen molar-refractivity contribution in [2.45, 2.75) is 13.0 Å². The fourth-order valence-corrected chi connectivity index (χ4v) is 2.29. The van der Waals surface area contributed by atoms with Crippen LogP contribution in [0.2, 0.25) is 0 Å². The first kappa shape index (κ1) is 11.3. The van der Waals surface area contributed by atoms with E-state index in [2.05, 4.69) is 37.0 Å². The zero-order valence-electron chi connectivity index (χ0n) is 8.73. The molecular weight excluding hydrogens is 305 g/mol. The maximum Gasteiger partial charge on any atom is 0.0995 e. The summed E-state index contributed by atoms with van der Waals surface area (Å²) in [5.41, 5.74) is 0. The molecule has 0 radical (unpaired) electrons. The van der Waals surface area contributed by atoms with Crippen LogP contribution >= 0.6 is 22.6 Å². The highest BCUT2D eigenvalue weighted by molar-refractivity contribution is 14.1. The molecule has 0 spiro atoms. The van der Waals surface area contributed by atoms with E-state index < -0.39 is 0 Å². The lowest BCUT2D eigenvalue weighted by molar-refractivity contribution is 0.0369. The van der Waals surface area contributed by atoms with Crippen molar-refractivity contribution in [1.29, 1.82) is 0 Å². The summed E-state index contributed by atoms with van der Waals surface area (Å²) in [5, 5.41) is 0. The van der Waals surface area contributed by atoms with Crippen LogP contribution in [0.15, 0.2) is 12.5 Å². The zero-order valence-corrected chi connectivity index (χ0v) is 10.9.